The Bertz CT molecular complexity index is 471. The lowest BCUT2D eigenvalue weighted by molar-refractivity contribution is -0.141. The molecule has 1 N–H and O–H groups in total. The molecule has 1 aromatic rings. The number of aromatic nitrogens is 1. The van der Waals surface area contributed by atoms with E-state index in [4.69, 9.17) is 4.74 Å². The Morgan fingerprint density at radius 2 is 2.05 bits per heavy atom. The molecule has 1 fully saturated rings. The molecule has 0 aromatic carbocycles. The van der Waals surface area contributed by atoms with Gasteiger partial charge in [0.15, 0.2) is 0 Å². The van der Waals surface area contributed by atoms with Crippen LogP contribution in [0.1, 0.15) is 16.1 Å². The van der Waals surface area contributed by atoms with E-state index in [9.17, 15) is 18.0 Å². The SMILES string of the molecule is O=C(NCCN1CCOCC1)c1ccc(C(F)(F)F)nc1. The Hall–Kier alpha value is -1.67. The van der Waals surface area contributed by atoms with Crippen LogP contribution in [0.3, 0.4) is 0 Å². The lowest BCUT2D eigenvalue weighted by Gasteiger charge is -2.26. The third kappa shape index (κ3) is 4.68. The average molecular weight is 303 g/mol. The van der Waals surface area contributed by atoms with Crippen LogP contribution in [0.4, 0.5) is 13.2 Å². The van der Waals surface area contributed by atoms with Crippen LogP contribution in [0.25, 0.3) is 0 Å². The van der Waals surface area contributed by atoms with Gasteiger partial charge in [0.1, 0.15) is 5.69 Å². The molecule has 2 heterocycles. The van der Waals surface area contributed by atoms with Gasteiger partial charge in [-0.3, -0.25) is 14.7 Å². The molecule has 0 unspecified atom stereocenters. The normalized spacial score (nSPS) is 16.7. The van der Waals surface area contributed by atoms with Crippen molar-refractivity contribution in [1.82, 2.24) is 15.2 Å². The average Bonchev–Trinajstić information content (AvgIpc) is 2.47. The number of halogens is 3. The molecule has 0 aliphatic carbocycles. The van der Waals surface area contributed by atoms with Gasteiger partial charge in [-0.05, 0) is 12.1 Å². The van der Waals surface area contributed by atoms with Gasteiger partial charge in [0.25, 0.3) is 5.91 Å². The summed E-state index contributed by atoms with van der Waals surface area (Å²) in [6.07, 6.45) is -3.56. The van der Waals surface area contributed by atoms with Crippen molar-refractivity contribution in [2.75, 3.05) is 39.4 Å². The zero-order valence-electron chi connectivity index (χ0n) is 11.3. The minimum absolute atomic E-state index is 0.116. The van der Waals surface area contributed by atoms with E-state index in [2.05, 4.69) is 15.2 Å². The van der Waals surface area contributed by atoms with Crippen molar-refractivity contribution >= 4 is 5.91 Å². The van der Waals surface area contributed by atoms with Crippen molar-refractivity contribution in [3.05, 3.63) is 29.6 Å². The molecule has 1 aromatic heterocycles. The number of nitrogens with zero attached hydrogens (tertiary/aromatic N) is 2. The van der Waals surface area contributed by atoms with Crippen LogP contribution in [0.15, 0.2) is 18.3 Å². The highest BCUT2D eigenvalue weighted by atomic mass is 19.4. The monoisotopic (exact) mass is 303 g/mol. The number of amides is 1. The molecule has 0 radical (unpaired) electrons. The molecule has 0 saturated carbocycles. The van der Waals surface area contributed by atoms with Crippen molar-refractivity contribution in [3.63, 3.8) is 0 Å². The van der Waals surface area contributed by atoms with E-state index in [1.54, 1.807) is 0 Å². The summed E-state index contributed by atoms with van der Waals surface area (Å²) < 4.78 is 42.3. The van der Waals surface area contributed by atoms with Crippen LogP contribution in [0.2, 0.25) is 0 Å². The van der Waals surface area contributed by atoms with Crippen LogP contribution >= 0.6 is 0 Å². The third-order valence-corrected chi connectivity index (χ3v) is 3.13. The summed E-state index contributed by atoms with van der Waals surface area (Å²) in [6.45, 7) is 4.10. The van der Waals surface area contributed by atoms with E-state index in [0.717, 1.165) is 31.4 Å². The molecular formula is C13H16F3N3O2. The standard InChI is InChI=1S/C13H16F3N3O2/c14-13(15,16)11-2-1-10(9-18-11)12(20)17-3-4-19-5-7-21-8-6-19/h1-2,9H,3-8H2,(H,17,20). The minimum atomic E-state index is -4.49. The van der Waals surface area contributed by atoms with Gasteiger partial charge in [-0.15, -0.1) is 0 Å². The van der Waals surface area contributed by atoms with Gasteiger partial charge in [0.2, 0.25) is 0 Å². The Kier molecular flexibility index (Phi) is 5.13. The molecule has 1 aliphatic rings. The number of carbonyl (C=O) groups excluding carboxylic acids is 1. The molecule has 1 saturated heterocycles. The number of hydrogen-bond acceptors (Lipinski definition) is 4. The van der Waals surface area contributed by atoms with Gasteiger partial charge in [-0.2, -0.15) is 13.2 Å². The first kappa shape index (κ1) is 15.7. The fourth-order valence-corrected chi connectivity index (χ4v) is 1.95. The van der Waals surface area contributed by atoms with Gasteiger partial charge in [0, 0.05) is 32.4 Å². The molecule has 0 bridgehead atoms. The van der Waals surface area contributed by atoms with Crippen LogP contribution in [0.5, 0.6) is 0 Å². The summed E-state index contributed by atoms with van der Waals surface area (Å²) in [5.41, 5.74) is -0.891. The second-order valence-electron chi connectivity index (χ2n) is 4.64. The summed E-state index contributed by atoms with van der Waals surface area (Å²) >= 11 is 0. The molecular weight excluding hydrogens is 287 g/mol. The predicted octanol–water partition coefficient (Wildman–Crippen LogP) is 1.16. The minimum Gasteiger partial charge on any atom is -0.379 e. The fourth-order valence-electron chi connectivity index (χ4n) is 1.95. The van der Waals surface area contributed by atoms with E-state index in [0.29, 0.717) is 26.3 Å². The van der Waals surface area contributed by atoms with Crippen molar-refractivity contribution in [2.45, 2.75) is 6.18 Å². The van der Waals surface area contributed by atoms with Crippen molar-refractivity contribution in [2.24, 2.45) is 0 Å². The number of pyridine rings is 1. The maximum atomic E-state index is 12.4. The molecule has 1 aliphatic heterocycles. The van der Waals surface area contributed by atoms with E-state index in [1.807, 2.05) is 0 Å². The second kappa shape index (κ2) is 6.86. The second-order valence-corrected chi connectivity index (χ2v) is 4.64. The maximum absolute atomic E-state index is 12.4. The largest absolute Gasteiger partial charge is 0.433 e. The Morgan fingerprint density at radius 1 is 1.33 bits per heavy atom. The number of rotatable bonds is 4. The van der Waals surface area contributed by atoms with E-state index < -0.39 is 17.8 Å². The number of carbonyl (C=O) groups is 1. The van der Waals surface area contributed by atoms with E-state index in [-0.39, 0.29) is 5.56 Å². The van der Waals surface area contributed by atoms with Crippen LogP contribution < -0.4 is 5.32 Å². The topological polar surface area (TPSA) is 54.5 Å². The quantitative estimate of drug-likeness (QED) is 0.907. The van der Waals surface area contributed by atoms with Gasteiger partial charge < -0.3 is 10.1 Å². The van der Waals surface area contributed by atoms with Crippen molar-refractivity contribution < 1.29 is 22.7 Å². The first-order valence-electron chi connectivity index (χ1n) is 6.58. The van der Waals surface area contributed by atoms with Crippen molar-refractivity contribution in [1.29, 1.82) is 0 Å². The van der Waals surface area contributed by atoms with Crippen LogP contribution in [0, 0.1) is 0 Å². The van der Waals surface area contributed by atoms with Gasteiger partial charge in [-0.25, -0.2) is 0 Å². The number of morpholine rings is 1. The number of nitrogens with one attached hydrogen (secondary N) is 1. The lowest BCUT2D eigenvalue weighted by Crippen LogP contribution is -2.41. The number of hydrogen-bond donors (Lipinski definition) is 1. The van der Waals surface area contributed by atoms with Crippen LogP contribution in [-0.2, 0) is 10.9 Å². The molecule has 8 heteroatoms. The first-order valence-corrected chi connectivity index (χ1v) is 6.58. The molecule has 0 spiro atoms. The van der Waals surface area contributed by atoms with Crippen LogP contribution in [-0.4, -0.2) is 55.2 Å². The summed E-state index contributed by atoms with van der Waals surface area (Å²) in [6, 6.07) is 1.93. The highest BCUT2D eigenvalue weighted by Gasteiger charge is 2.32. The Balaban J connectivity index is 1.80. The Labute approximate surface area is 120 Å². The van der Waals surface area contributed by atoms with Gasteiger partial charge in [-0.1, -0.05) is 0 Å². The Morgan fingerprint density at radius 3 is 2.62 bits per heavy atom. The zero-order valence-corrected chi connectivity index (χ0v) is 11.3. The van der Waals surface area contributed by atoms with Gasteiger partial charge in [0.05, 0.1) is 18.8 Å². The van der Waals surface area contributed by atoms with Crippen molar-refractivity contribution in [3.8, 4) is 0 Å². The zero-order chi connectivity index (χ0) is 15.3. The highest BCUT2D eigenvalue weighted by molar-refractivity contribution is 5.93. The number of alkyl halides is 3. The predicted molar refractivity (Wildman–Crippen MR) is 68.8 cm³/mol. The molecule has 21 heavy (non-hydrogen) atoms. The van der Waals surface area contributed by atoms with E-state index >= 15 is 0 Å². The molecule has 2 rings (SSSR count). The lowest BCUT2D eigenvalue weighted by atomic mass is 10.2. The first-order chi connectivity index (χ1) is 9.97. The smallest absolute Gasteiger partial charge is 0.379 e. The summed E-state index contributed by atoms with van der Waals surface area (Å²) in [4.78, 5) is 17.2. The molecule has 1 amide bonds. The summed E-state index contributed by atoms with van der Waals surface area (Å²) in [7, 11) is 0. The number of ether oxygens (including phenoxy) is 1. The molecule has 0 atom stereocenters. The fraction of sp³-hybridized carbons (Fsp3) is 0.538. The third-order valence-electron chi connectivity index (χ3n) is 3.13. The van der Waals surface area contributed by atoms with E-state index in [1.165, 1.54) is 0 Å². The van der Waals surface area contributed by atoms with Gasteiger partial charge >= 0.3 is 6.18 Å². The molecule has 116 valence electrons. The maximum Gasteiger partial charge on any atom is 0.433 e. The highest BCUT2D eigenvalue weighted by Crippen LogP contribution is 2.27. The summed E-state index contributed by atoms with van der Waals surface area (Å²) in [5, 5.41) is 2.66. The summed E-state index contributed by atoms with van der Waals surface area (Å²) in [5.74, 6) is -0.426. The molecule has 5 nitrogen and oxygen atoms in total.